The van der Waals surface area contributed by atoms with Crippen LogP contribution < -0.4 is 14.5 Å². The van der Waals surface area contributed by atoms with Crippen LogP contribution in [0.15, 0.2) is 48.5 Å². The van der Waals surface area contributed by atoms with Crippen LogP contribution in [0.25, 0.3) is 0 Å². The zero-order valence-corrected chi connectivity index (χ0v) is 38.6. The first-order valence-electron chi connectivity index (χ1n) is 22.1. The molecule has 15 heteroatoms. The molecule has 0 spiro atoms. The maximum atomic E-state index is 12.3. The Morgan fingerprint density at radius 2 is 1.02 bits per heavy atom. The molecule has 4 aliphatic rings. The van der Waals surface area contributed by atoms with E-state index >= 15 is 0 Å². The van der Waals surface area contributed by atoms with Gasteiger partial charge in [-0.05, 0) is 98.7 Å². The number of hydrogen-bond acceptors (Lipinski definition) is 12. The summed E-state index contributed by atoms with van der Waals surface area (Å²) in [6, 6.07) is 15.1. The molecule has 2 atom stereocenters. The van der Waals surface area contributed by atoms with E-state index < -0.39 is 5.37 Å². The first-order chi connectivity index (χ1) is 29.1. The first-order valence-corrected chi connectivity index (χ1v) is 22.5. The van der Waals surface area contributed by atoms with E-state index in [2.05, 4.69) is 47.3 Å². The molecule has 2 unspecified atom stereocenters. The number of carbonyl (C=O) groups excluding carboxylic acids is 4. The van der Waals surface area contributed by atoms with Crippen molar-refractivity contribution in [3.05, 3.63) is 48.5 Å². The number of phenolic OH excluding ortho intramolecular Hbond substituents is 1. The number of cyclic esters (lactones) is 2. The minimum absolute atomic E-state index is 0.00188. The fraction of sp³-hybridized carbons (Fsp3) is 0.652. The van der Waals surface area contributed by atoms with Crippen molar-refractivity contribution in [2.75, 3.05) is 103 Å². The third-order valence-corrected chi connectivity index (χ3v) is 13.3. The maximum Gasteiger partial charge on any atom is 0.414 e. The van der Waals surface area contributed by atoms with Gasteiger partial charge in [0, 0.05) is 118 Å². The molecule has 4 fully saturated rings. The maximum absolute atomic E-state index is 12.3. The number of halogens is 1. The number of carbonyl (C=O) groups is 4. The molecule has 0 aliphatic carbocycles. The number of anilines is 2. The molecule has 2 amide bonds. The number of phenols is 1. The number of piperazine rings is 2. The standard InChI is InChI=1S/C23H35N3O4.C20H30N2O3.C3H6ClNO/c1-5-23(6-2)17-20(29-21(23)27)11-12-25-13-15-26(16-14-25)18-7-9-19(10-8-18)30-22(28)24(3)4;1-3-20(4-2)15-18(25-19(20)24)9-10-21-11-13-22(14-12-21)16-5-7-17(23)8-6-16;1-5(2)3(4)6/h7-10,20H,5-6,11-17H2,1-4H3;5-8,18,23H,3-4,9-15H2,1-2H3;1-2H3. The van der Waals surface area contributed by atoms with E-state index in [4.69, 9.17) is 25.8 Å². The highest BCUT2D eigenvalue weighted by molar-refractivity contribution is 6.62. The normalized spacial score (nSPS) is 21.0. The second-order valence-corrected chi connectivity index (χ2v) is 17.4. The lowest BCUT2D eigenvalue weighted by atomic mass is 9.79. The second-order valence-electron chi connectivity index (χ2n) is 17.1. The quantitative estimate of drug-likeness (QED) is 0.123. The number of aromatic hydroxyl groups is 1. The molecule has 6 rings (SSSR count). The van der Waals surface area contributed by atoms with E-state index in [1.807, 2.05) is 36.4 Å². The monoisotopic (exact) mass is 871 g/mol. The van der Waals surface area contributed by atoms with Crippen LogP contribution in [0.2, 0.25) is 0 Å². The Labute approximate surface area is 369 Å². The number of esters is 2. The van der Waals surface area contributed by atoms with E-state index in [1.165, 1.54) is 9.80 Å². The van der Waals surface area contributed by atoms with Crippen LogP contribution in [0, 0.1) is 10.8 Å². The molecule has 0 saturated carbocycles. The van der Waals surface area contributed by atoms with Crippen molar-refractivity contribution in [2.24, 2.45) is 10.8 Å². The van der Waals surface area contributed by atoms with Crippen molar-refractivity contribution < 1.29 is 38.5 Å². The first kappa shape index (κ1) is 49.4. The molecule has 4 saturated heterocycles. The fourth-order valence-corrected chi connectivity index (χ4v) is 8.34. The molecule has 340 valence electrons. The Hall–Kier alpha value is -4.27. The molecule has 2 aromatic rings. The van der Waals surface area contributed by atoms with Crippen molar-refractivity contribution in [1.29, 1.82) is 0 Å². The number of ether oxygens (including phenoxy) is 3. The van der Waals surface area contributed by atoms with Gasteiger partial charge in [-0.15, -0.1) is 0 Å². The number of rotatable bonds is 13. The molecule has 61 heavy (non-hydrogen) atoms. The van der Waals surface area contributed by atoms with Crippen LogP contribution in [0.3, 0.4) is 0 Å². The van der Waals surface area contributed by atoms with Crippen LogP contribution in [-0.2, 0) is 19.1 Å². The van der Waals surface area contributed by atoms with Gasteiger partial charge in [-0.3, -0.25) is 24.2 Å². The van der Waals surface area contributed by atoms with Gasteiger partial charge in [-0.2, -0.15) is 0 Å². The topological polar surface area (TPSA) is 136 Å². The van der Waals surface area contributed by atoms with Crippen molar-refractivity contribution >= 4 is 46.4 Å². The fourth-order valence-electron chi connectivity index (χ4n) is 8.34. The van der Waals surface area contributed by atoms with Gasteiger partial charge in [0.05, 0.1) is 10.8 Å². The average molecular weight is 872 g/mol. The molecule has 14 nitrogen and oxygen atoms in total. The van der Waals surface area contributed by atoms with E-state index in [0.29, 0.717) is 11.5 Å². The number of benzene rings is 2. The Balaban J connectivity index is 0.000000240. The summed E-state index contributed by atoms with van der Waals surface area (Å²) in [4.78, 5) is 58.2. The van der Waals surface area contributed by atoms with Crippen molar-refractivity contribution in [3.63, 3.8) is 0 Å². The van der Waals surface area contributed by atoms with Gasteiger partial charge >= 0.3 is 23.4 Å². The molecule has 1 N–H and O–H groups in total. The summed E-state index contributed by atoms with van der Waals surface area (Å²) in [5.74, 6) is 0.878. The average Bonchev–Trinajstić information content (AvgIpc) is 3.78. The highest BCUT2D eigenvalue weighted by Gasteiger charge is 2.47. The Bertz CT molecular complexity index is 1690. The number of nitrogens with zero attached hydrogens (tertiary/aromatic N) is 6. The Kier molecular flexibility index (Phi) is 18.8. The number of hydrogen-bond donors (Lipinski definition) is 1. The number of amides is 2. The van der Waals surface area contributed by atoms with Crippen molar-refractivity contribution in [3.8, 4) is 11.5 Å². The van der Waals surface area contributed by atoms with Crippen LogP contribution in [-0.4, -0.2) is 154 Å². The molecule has 0 radical (unpaired) electrons. The summed E-state index contributed by atoms with van der Waals surface area (Å²) >= 11 is 4.90. The molecular formula is C46H71ClN6O8. The Morgan fingerprint density at radius 1 is 0.656 bits per heavy atom. The van der Waals surface area contributed by atoms with E-state index in [-0.39, 0.29) is 41.1 Å². The highest BCUT2D eigenvalue weighted by Crippen LogP contribution is 2.42. The minimum atomic E-state index is -0.435. The third kappa shape index (κ3) is 13.9. The molecule has 2 aromatic carbocycles. The minimum Gasteiger partial charge on any atom is -0.508 e. The van der Waals surface area contributed by atoms with Crippen LogP contribution in [0.4, 0.5) is 21.0 Å². The lowest BCUT2D eigenvalue weighted by Gasteiger charge is -2.36. The van der Waals surface area contributed by atoms with Crippen LogP contribution in [0.5, 0.6) is 11.5 Å². The summed E-state index contributed by atoms with van der Waals surface area (Å²) in [5, 5.41) is 8.96. The zero-order chi connectivity index (χ0) is 44.7. The predicted molar refractivity (Wildman–Crippen MR) is 241 cm³/mol. The summed E-state index contributed by atoms with van der Waals surface area (Å²) < 4.78 is 16.6. The third-order valence-electron chi connectivity index (χ3n) is 13.0. The summed E-state index contributed by atoms with van der Waals surface area (Å²) in [7, 11) is 6.51. The van der Waals surface area contributed by atoms with Gasteiger partial charge in [0.15, 0.2) is 0 Å². The van der Waals surface area contributed by atoms with Crippen molar-refractivity contribution in [1.82, 2.24) is 19.6 Å². The summed E-state index contributed by atoms with van der Waals surface area (Å²) in [6.07, 6.45) is 6.86. The second kappa shape index (κ2) is 23.3. The largest absolute Gasteiger partial charge is 0.508 e. The SMILES string of the molecule is CCC1(CC)CC(CCN2CCN(c3ccc(O)cc3)CC2)OC1=O.CCC1(CC)CC(CCN2CCN(c3ccc(OC(=O)N(C)C)cc3)CC2)OC1=O.CN(C)C(=O)Cl. The van der Waals surface area contributed by atoms with Gasteiger partial charge in [0.2, 0.25) is 0 Å². The molecule has 4 heterocycles. The molecule has 4 aliphatic heterocycles. The lowest BCUT2D eigenvalue weighted by molar-refractivity contribution is -0.150. The molecule has 0 bridgehead atoms. The molecule has 0 aromatic heterocycles. The van der Waals surface area contributed by atoms with Gasteiger partial charge < -0.3 is 38.9 Å². The predicted octanol–water partition coefficient (Wildman–Crippen LogP) is 7.31. The van der Waals surface area contributed by atoms with Crippen LogP contribution >= 0.6 is 11.6 Å². The lowest BCUT2D eigenvalue weighted by Crippen LogP contribution is -2.47. The van der Waals surface area contributed by atoms with Gasteiger partial charge in [-0.1, -0.05) is 27.7 Å². The van der Waals surface area contributed by atoms with Crippen molar-refractivity contribution in [2.45, 2.75) is 91.3 Å². The summed E-state index contributed by atoms with van der Waals surface area (Å²) in [5.41, 5.74) is 1.82. The summed E-state index contributed by atoms with van der Waals surface area (Å²) in [6.45, 7) is 18.2. The van der Waals surface area contributed by atoms with Crippen LogP contribution in [0.1, 0.15) is 79.1 Å². The van der Waals surface area contributed by atoms with E-state index in [1.54, 1.807) is 40.3 Å². The highest BCUT2D eigenvalue weighted by atomic mass is 35.5. The van der Waals surface area contributed by atoms with E-state index in [0.717, 1.165) is 128 Å². The van der Waals surface area contributed by atoms with Gasteiger partial charge in [0.25, 0.3) is 0 Å². The molecular weight excluding hydrogens is 800 g/mol. The Morgan fingerprint density at radius 3 is 1.33 bits per heavy atom. The smallest absolute Gasteiger partial charge is 0.414 e. The van der Waals surface area contributed by atoms with Gasteiger partial charge in [0.1, 0.15) is 23.7 Å². The zero-order valence-electron chi connectivity index (χ0n) is 37.9. The van der Waals surface area contributed by atoms with Gasteiger partial charge in [-0.25, -0.2) is 4.79 Å². The van der Waals surface area contributed by atoms with E-state index in [9.17, 15) is 24.3 Å².